The fraction of sp³-hybridized carbons (Fsp3) is 0.478. The second kappa shape index (κ2) is 7.51. The van der Waals surface area contributed by atoms with Crippen LogP contribution >= 0.6 is 0 Å². The van der Waals surface area contributed by atoms with E-state index in [1.54, 1.807) is 24.7 Å². The van der Waals surface area contributed by atoms with Gasteiger partial charge in [0.25, 0.3) is 5.91 Å². The van der Waals surface area contributed by atoms with E-state index in [0.717, 1.165) is 43.1 Å². The van der Waals surface area contributed by atoms with Crippen molar-refractivity contribution in [3.63, 3.8) is 0 Å². The average molecular weight is 421 g/mol. The predicted molar refractivity (Wildman–Crippen MR) is 116 cm³/mol. The maximum Gasteiger partial charge on any atom is 0.257 e. The van der Waals surface area contributed by atoms with Crippen molar-refractivity contribution in [2.75, 3.05) is 24.5 Å². The van der Waals surface area contributed by atoms with Crippen molar-refractivity contribution in [2.45, 2.75) is 51.6 Å². The highest BCUT2D eigenvalue weighted by atomic mass is 16.3. The molecule has 8 nitrogen and oxygen atoms in total. The van der Waals surface area contributed by atoms with Gasteiger partial charge in [-0.15, -0.1) is 0 Å². The fourth-order valence-electron chi connectivity index (χ4n) is 4.86. The molecule has 0 saturated carbocycles. The first-order valence-electron chi connectivity index (χ1n) is 10.9. The molecule has 162 valence electrons. The Morgan fingerprint density at radius 3 is 2.58 bits per heavy atom. The topological polar surface area (TPSA) is 80.3 Å². The van der Waals surface area contributed by atoms with E-state index in [9.17, 15) is 4.79 Å². The molecular weight excluding hydrogens is 392 g/mol. The Morgan fingerprint density at radius 1 is 1.19 bits per heavy atom. The Bertz CT molecular complexity index is 1080. The number of nitrogens with zero attached hydrogens (tertiary/aromatic N) is 6. The summed E-state index contributed by atoms with van der Waals surface area (Å²) in [5, 5.41) is 5.01. The Morgan fingerprint density at radius 2 is 1.94 bits per heavy atom. The molecular formula is C23H28N6O2. The molecule has 2 aliphatic rings. The molecule has 3 aromatic rings. The summed E-state index contributed by atoms with van der Waals surface area (Å²) < 4.78 is 7.43. The minimum atomic E-state index is -0.160. The first kappa shape index (κ1) is 19.8. The highest BCUT2D eigenvalue weighted by Gasteiger charge is 2.46. The van der Waals surface area contributed by atoms with E-state index in [0.29, 0.717) is 24.4 Å². The maximum absolute atomic E-state index is 13.4. The summed E-state index contributed by atoms with van der Waals surface area (Å²) in [6, 6.07) is 3.88. The fourth-order valence-corrected chi connectivity index (χ4v) is 4.86. The molecule has 5 heterocycles. The molecule has 8 heteroatoms. The van der Waals surface area contributed by atoms with Crippen molar-refractivity contribution >= 4 is 11.9 Å². The van der Waals surface area contributed by atoms with E-state index in [4.69, 9.17) is 9.52 Å². The lowest BCUT2D eigenvalue weighted by atomic mass is 9.72. The summed E-state index contributed by atoms with van der Waals surface area (Å²) in [4.78, 5) is 26.4. The molecule has 0 aliphatic carbocycles. The number of anilines is 1. The van der Waals surface area contributed by atoms with Gasteiger partial charge in [0.2, 0.25) is 5.95 Å². The standard InChI is InChI=1S/C23H28N6O2/c1-16(2)29-14-18-13-28(21(30)19-5-12-31-17(19)3)15-23(20(18)26-29)6-10-27(11-7-23)22-24-8-4-9-25-22/h4-5,8-9,12,14,16H,6-7,10-11,13,15H2,1-3H3. The largest absolute Gasteiger partial charge is 0.469 e. The highest BCUT2D eigenvalue weighted by molar-refractivity contribution is 5.95. The van der Waals surface area contributed by atoms with E-state index in [1.807, 2.05) is 22.6 Å². The third-order valence-electron chi connectivity index (χ3n) is 6.63. The lowest BCUT2D eigenvalue weighted by Crippen LogP contribution is -2.53. The normalized spacial score (nSPS) is 17.9. The molecule has 0 atom stereocenters. The molecule has 0 aromatic carbocycles. The van der Waals surface area contributed by atoms with Crippen LogP contribution in [0.1, 0.15) is 60.1 Å². The van der Waals surface area contributed by atoms with Gasteiger partial charge in [-0.05, 0) is 45.7 Å². The lowest BCUT2D eigenvalue weighted by molar-refractivity contribution is 0.0642. The summed E-state index contributed by atoms with van der Waals surface area (Å²) >= 11 is 0. The van der Waals surface area contributed by atoms with Gasteiger partial charge >= 0.3 is 0 Å². The zero-order chi connectivity index (χ0) is 21.6. The van der Waals surface area contributed by atoms with Gasteiger partial charge in [0.05, 0.1) is 17.5 Å². The van der Waals surface area contributed by atoms with Crippen LogP contribution in [0.5, 0.6) is 0 Å². The Balaban J connectivity index is 1.47. The van der Waals surface area contributed by atoms with Gasteiger partial charge in [0.15, 0.2) is 0 Å². The van der Waals surface area contributed by atoms with Crippen molar-refractivity contribution in [3.8, 4) is 0 Å². The van der Waals surface area contributed by atoms with Crippen LogP contribution in [0, 0.1) is 6.92 Å². The van der Waals surface area contributed by atoms with E-state index in [-0.39, 0.29) is 17.4 Å². The van der Waals surface area contributed by atoms with Crippen LogP contribution < -0.4 is 4.90 Å². The zero-order valence-electron chi connectivity index (χ0n) is 18.3. The van der Waals surface area contributed by atoms with Crippen molar-refractivity contribution in [2.24, 2.45) is 0 Å². The number of carbonyl (C=O) groups excluding carboxylic acids is 1. The van der Waals surface area contributed by atoms with E-state index in [1.165, 1.54) is 0 Å². The first-order valence-corrected chi connectivity index (χ1v) is 10.9. The molecule has 1 fully saturated rings. The summed E-state index contributed by atoms with van der Waals surface area (Å²) in [6.45, 7) is 9.04. The molecule has 0 unspecified atom stereocenters. The third kappa shape index (κ3) is 3.40. The molecule has 1 amide bonds. The highest BCUT2D eigenvalue weighted by Crippen LogP contribution is 2.42. The minimum Gasteiger partial charge on any atom is -0.469 e. The van der Waals surface area contributed by atoms with Crippen LogP contribution in [0.15, 0.2) is 41.4 Å². The van der Waals surface area contributed by atoms with Gasteiger partial charge in [-0.1, -0.05) is 0 Å². The summed E-state index contributed by atoms with van der Waals surface area (Å²) in [5.74, 6) is 1.46. The Labute approximate surface area is 181 Å². The summed E-state index contributed by atoms with van der Waals surface area (Å²) in [6.07, 6.45) is 9.08. The molecule has 31 heavy (non-hydrogen) atoms. The van der Waals surface area contributed by atoms with Gasteiger partial charge in [0.1, 0.15) is 5.76 Å². The summed E-state index contributed by atoms with van der Waals surface area (Å²) in [5.41, 5.74) is 2.79. The molecule has 0 N–H and O–H groups in total. The number of aromatic nitrogens is 4. The molecule has 0 bridgehead atoms. The quantitative estimate of drug-likeness (QED) is 0.646. The van der Waals surface area contributed by atoms with Crippen molar-refractivity contribution in [1.82, 2.24) is 24.6 Å². The second-order valence-electron chi connectivity index (χ2n) is 8.94. The average Bonchev–Trinajstić information content (AvgIpc) is 3.41. The van der Waals surface area contributed by atoms with Crippen molar-refractivity contribution < 1.29 is 9.21 Å². The first-order chi connectivity index (χ1) is 15.0. The van der Waals surface area contributed by atoms with Crippen LogP contribution in [-0.4, -0.2) is 50.2 Å². The monoisotopic (exact) mass is 420 g/mol. The number of piperidine rings is 1. The van der Waals surface area contributed by atoms with Gasteiger partial charge in [-0.25, -0.2) is 9.97 Å². The number of carbonyl (C=O) groups is 1. The molecule has 1 saturated heterocycles. The lowest BCUT2D eigenvalue weighted by Gasteiger charge is -2.46. The van der Waals surface area contributed by atoms with Crippen LogP contribution in [0.2, 0.25) is 0 Å². The Hall–Kier alpha value is -3.16. The number of furan rings is 1. The number of hydrogen-bond acceptors (Lipinski definition) is 6. The van der Waals surface area contributed by atoms with Crippen LogP contribution in [0.4, 0.5) is 5.95 Å². The van der Waals surface area contributed by atoms with Crippen LogP contribution in [0.25, 0.3) is 0 Å². The van der Waals surface area contributed by atoms with Crippen LogP contribution in [-0.2, 0) is 12.0 Å². The molecule has 1 spiro atoms. The minimum absolute atomic E-state index is 0.0300. The zero-order valence-corrected chi connectivity index (χ0v) is 18.3. The van der Waals surface area contributed by atoms with E-state index in [2.05, 4.69) is 34.9 Å². The number of aryl methyl sites for hydroxylation is 1. The van der Waals surface area contributed by atoms with E-state index < -0.39 is 0 Å². The van der Waals surface area contributed by atoms with Gasteiger partial charge in [0, 0.05) is 61.8 Å². The number of fused-ring (bicyclic) bond motifs is 2. The predicted octanol–water partition coefficient (Wildman–Crippen LogP) is 3.35. The Kier molecular flexibility index (Phi) is 4.79. The molecule has 0 radical (unpaired) electrons. The smallest absolute Gasteiger partial charge is 0.257 e. The maximum atomic E-state index is 13.4. The van der Waals surface area contributed by atoms with Crippen molar-refractivity contribution in [1.29, 1.82) is 0 Å². The number of rotatable bonds is 3. The van der Waals surface area contributed by atoms with Gasteiger partial charge < -0.3 is 14.2 Å². The number of hydrogen-bond donors (Lipinski definition) is 0. The SMILES string of the molecule is Cc1occc1C(=O)N1Cc2cn(C(C)C)nc2C2(CCN(c3ncccn3)CC2)C1. The van der Waals surface area contributed by atoms with Gasteiger partial charge in [-0.3, -0.25) is 9.48 Å². The number of amides is 1. The third-order valence-corrected chi connectivity index (χ3v) is 6.63. The molecule has 3 aromatic heterocycles. The molecule has 2 aliphatic heterocycles. The molecule has 5 rings (SSSR count). The van der Waals surface area contributed by atoms with Crippen LogP contribution in [0.3, 0.4) is 0 Å². The van der Waals surface area contributed by atoms with Crippen molar-refractivity contribution in [3.05, 3.63) is 59.6 Å². The second-order valence-corrected chi connectivity index (χ2v) is 8.94. The van der Waals surface area contributed by atoms with E-state index >= 15 is 0 Å². The van der Waals surface area contributed by atoms with Gasteiger partial charge in [-0.2, -0.15) is 5.10 Å². The summed E-state index contributed by atoms with van der Waals surface area (Å²) in [7, 11) is 0.